The first-order valence-electron chi connectivity index (χ1n) is 5.72. The van der Waals surface area contributed by atoms with Crippen LogP contribution < -0.4 is 5.32 Å². The molecule has 0 amide bonds. The van der Waals surface area contributed by atoms with Gasteiger partial charge in [-0.05, 0) is 25.3 Å². The fourth-order valence-electron chi connectivity index (χ4n) is 2.23. The van der Waals surface area contributed by atoms with E-state index >= 15 is 0 Å². The molecule has 0 saturated heterocycles. The van der Waals surface area contributed by atoms with Crippen LogP contribution in [0, 0.1) is 10.1 Å². The molecule has 98 valence electrons. The normalized spacial score (nSPS) is 23.0. The number of halogens is 1. The zero-order valence-corrected chi connectivity index (χ0v) is 10.7. The highest BCUT2D eigenvalue weighted by atomic mass is 35.5. The average Bonchev–Trinajstić information content (AvgIpc) is 2.76. The van der Waals surface area contributed by atoms with Crippen LogP contribution in [0.5, 0.6) is 0 Å². The van der Waals surface area contributed by atoms with E-state index < -0.39 is 4.92 Å². The second kappa shape index (κ2) is 5.49. The topological polar surface area (TPSA) is 77.3 Å². The van der Waals surface area contributed by atoms with Gasteiger partial charge in [-0.1, -0.05) is 11.6 Å². The van der Waals surface area contributed by atoms with Gasteiger partial charge < -0.3 is 10.1 Å². The lowest BCUT2D eigenvalue weighted by atomic mass is 10.2. The van der Waals surface area contributed by atoms with Crippen LogP contribution in [0.3, 0.4) is 0 Å². The van der Waals surface area contributed by atoms with E-state index in [-0.39, 0.29) is 28.8 Å². The summed E-state index contributed by atoms with van der Waals surface area (Å²) in [6.45, 7) is 0. The number of aromatic nitrogens is 1. The van der Waals surface area contributed by atoms with Gasteiger partial charge in [-0.15, -0.1) is 0 Å². The largest absolute Gasteiger partial charge is 0.379 e. The van der Waals surface area contributed by atoms with E-state index in [0.717, 1.165) is 19.3 Å². The van der Waals surface area contributed by atoms with Crippen LogP contribution in [0.4, 0.5) is 11.5 Å². The fourth-order valence-corrected chi connectivity index (χ4v) is 2.38. The molecule has 2 unspecified atom stereocenters. The number of methoxy groups -OCH3 is 1. The molecule has 0 spiro atoms. The van der Waals surface area contributed by atoms with Crippen LogP contribution >= 0.6 is 11.6 Å². The minimum atomic E-state index is -0.470. The van der Waals surface area contributed by atoms with E-state index in [2.05, 4.69) is 10.3 Å². The molecule has 1 saturated carbocycles. The third-order valence-corrected chi connectivity index (χ3v) is 3.32. The minimum absolute atomic E-state index is 0.0414. The molecule has 2 rings (SSSR count). The Bertz CT molecular complexity index is 455. The number of hydrogen-bond acceptors (Lipinski definition) is 5. The molecule has 18 heavy (non-hydrogen) atoms. The summed E-state index contributed by atoms with van der Waals surface area (Å²) in [4.78, 5) is 14.4. The van der Waals surface area contributed by atoms with E-state index in [4.69, 9.17) is 16.3 Å². The molecule has 0 aliphatic heterocycles. The van der Waals surface area contributed by atoms with E-state index in [9.17, 15) is 10.1 Å². The van der Waals surface area contributed by atoms with Crippen molar-refractivity contribution in [2.75, 3.05) is 12.4 Å². The SMILES string of the molecule is COC1CCCC1Nc1nc(Cl)ccc1[N+](=O)[O-]. The van der Waals surface area contributed by atoms with Crippen molar-refractivity contribution < 1.29 is 9.66 Å². The molecule has 6 nitrogen and oxygen atoms in total. The maximum Gasteiger partial charge on any atom is 0.311 e. The van der Waals surface area contributed by atoms with Gasteiger partial charge in [0.1, 0.15) is 5.15 Å². The van der Waals surface area contributed by atoms with E-state index in [1.165, 1.54) is 12.1 Å². The minimum Gasteiger partial charge on any atom is -0.379 e. The Kier molecular flexibility index (Phi) is 3.98. The molecule has 1 aromatic heterocycles. The zero-order chi connectivity index (χ0) is 13.1. The number of nitro groups is 1. The number of hydrogen-bond donors (Lipinski definition) is 1. The lowest BCUT2D eigenvalue weighted by Crippen LogP contribution is -2.30. The Hall–Kier alpha value is -1.40. The number of nitrogens with zero attached hydrogens (tertiary/aromatic N) is 2. The number of anilines is 1. The van der Waals surface area contributed by atoms with Crippen molar-refractivity contribution in [1.29, 1.82) is 0 Å². The number of pyridine rings is 1. The first-order chi connectivity index (χ1) is 8.61. The van der Waals surface area contributed by atoms with Gasteiger partial charge >= 0.3 is 5.69 Å². The molecule has 1 N–H and O–H groups in total. The Balaban J connectivity index is 2.22. The fraction of sp³-hybridized carbons (Fsp3) is 0.545. The van der Waals surface area contributed by atoms with Gasteiger partial charge in [0.05, 0.1) is 17.1 Å². The van der Waals surface area contributed by atoms with Crippen LogP contribution in [0.1, 0.15) is 19.3 Å². The number of nitrogens with one attached hydrogen (secondary N) is 1. The van der Waals surface area contributed by atoms with Crippen LogP contribution in [0.2, 0.25) is 5.15 Å². The highest BCUT2D eigenvalue weighted by molar-refractivity contribution is 6.29. The zero-order valence-electron chi connectivity index (χ0n) is 9.93. The first-order valence-corrected chi connectivity index (χ1v) is 6.10. The summed E-state index contributed by atoms with van der Waals surface area (Å²) in [7, 11) is 1.64. The molecule has 0 aromatic carbocycles. The van der Waals surface area contributed by atoms with Gasteiger partial charge in [0.25, 0.3) is 0 Å². The van der Waals surface area contributed by atoms with Crippen LogP contribution in [-0.4, -0.2) is 29.2 Å². The van der Waals surface area contributed by atoms with Crippen LogP contribution in [0.25, 0.3) is 0 Å². The lowest BCUT2D eigenvalue weighted by Gasteiger charge is -2.19. The Morgan fingerprint density at radius 1 is 1.56 bits per heavy atom. The standard InChI is InChI=1S/C11H14ClN3O3/c1-18-9-4-2-3-7(9)13-11-8(15(16)17)5-6-10(12)14-11/h5-7,9H,2-4H2,1H3,(H,13,14). The highest BCUT2D eigenvalue weighted by Gasteiger charge is 2.29. The van der Waals surface area contributed by atoms with Crippen molar-refractivity contribution in [3.05, 3.63) is 27.4 Å². The molecule has 2 atom stereocenters. The summed E-state index contributed by atoms with van der Waals surface area (Å²) in [6, 6.07) is 2.81. The summed E-state index contributed by atoms with van der Waals surface area (Å²) in [5, 5.41) is 14.2. The molecule has 1 heterocycles. The van der Waals surface area contributed by atoms with Crippen molar-refractivity contribution in [3.63, 3.8) is 0 Å². The quantitative estimate of drug-likeness (QED) is 0.517. The van der Waals surface area contributed by atoms with Crippen molar-refractivity contribution in [3.8, 4) is 0 Å². The predicted octanol–water partition coefficient (Wildman–Crippen LogP) is 2.62. The summed E-state index contributed by atoms with van der Waals surface area (Å²) < 4.78 is 5.33. The van der Waals surface area contributed by atoms with Crippen LogP contribution in [0.15, 0.2) is 12.1 Å². The van der Waals surface area contributed by atoms with E-state index in [1.54, 1.807) is 7.11 Å². The van der Waals surface area contributed by atoms with Crippen molar-refractivity contribution in [1.82, 2.24) is 4.98 Å². The maximum absolute atomic E-state index is 10.9. The van der Waals surface area contributed by atoms with E-state index in [0.29, 0.717) is 0 Å². The third-order valence-electron chi connectivity index (χ3n) is 3.11. The summed E-state index contributed by atoms with van der Waals surface area (Å²) in [5.41, 5.74) is -0.0684. The first kappa shape index (κ1) is 13.0. The van der Waals surface area contributed by atoms with Gasteiger partial charge in [-0.3, -0.25) is 10.1 Å². The Labute approximate surface area is 109 Å². The van der Waals surface area contributed by atoms with Gasteiger partial charge in [-0.25, -0.2) is 4.98 Å². The van der Waals surface area contributed by atoms with Crippen molar-refractivity contribution in [2.24, 2.45) is 0 Å². The second-order valence-corrected chi connectivity index (χ2v) is 4.60. The van der Waals surface area contributed by atoms with E-state index in [1.807, 2.05) is 0 Å². The lowest BCUT2D eigenvalue weighted by molar-refractivity contribution is -0.384. The van der Waals surface area contributed by atoms with Gasteiger partial charge in [0.15, 0.2) is 0 Å². The Morgan fingerprint density at radius 3 is 3.00 bits per heavy atom. The molecule has 7 heteroatoms. The molecule has 1 fully saturated rings. The second-order valence-electron chi connectivity index (χ2n) is 4.21. The van der Waals surface area contributed by atoms with Crippen molar-refractivity contribution in [2.45, 2.75) is 31.4 Å². The molecule has 1 aromatic rings. The van der Waals surface area contributed by atoms with Gasteiger partial charge in [0, 0.05) is 13.2 Å². The number of rotatable bonds is 4. The number of ether oxygens (including phenoxy) is 1. The summed E-state index contributed by atoms with van der Waals surface area (Å²) >= 11 is 5.77. The third kappa shape index (κ3) is 2.70. The monoisotopic (exact) mass is 271 g/mol. The van der Waals surface area contributed by atoms with Crippen LogP contribution in [-0.2, 0) is 4.74 Å². The molecular formula is C11H14ClN3O3. The summed E-state index contributed by atoms with van der Waals surface area (Å²) in [5.74, 6) is 0.210. The average molecular weight is 272 g/mol. The summed E-state index contributed by atoms with van der Waals surface area (Å²) in [6.07, 6.45) is 2.95. The Morgan fingerprint density at radius 2 is 2.33 bits per heavy atom. The molecule has 1 aliphatic rings. The maximum atomic E-state index is 10.9. The van der Waals surface area contributed by atoms with Gasteiger partial charge in [-0.2, -0.15) is 0 Å². The van der Waals surface area contributed by atoms with Crippen molar-refractivity contribution >= 4 is 23.1 Å². The molecular weight excluding hydrogens is 258 g/mol. The smallest absolute Gasteiger partial charge is 0.311 e. The molecule has 0 bridgehead atoms. The molecule has 1 aliphatic carbocycles. The van der Waals surface area contributed by atoms with Gasteiger partial charge in [0.2, 0.25) is 5.82 Å². The predicted molar refractivity (Wildman–Crippen MR) is 68.0 cm³/mol. The molecule has 0 radical (unpaired) electrons. The highest BCUT2D eigenvalue weighted by Crippen LogP contribution is 2.29.